The van der Waals surface area contributed by atoms with E-state index >= 15 is 0 Å². The molecule has 0 unspecified atom stereocenters. The first-order valence-electron chi connectivity index (χ1n) is 7.68. The van der Waals surface area contributed by atoms with Crippen LogP contribution in [0.4, 0.5) is 5.95 Å². The maximum Gasteiger partial charge on any atom is 0.270 e. The first kappa shape index (κ1) is 16.9. The summed E-state index contributed by atoms with van der Waals surface area (Å²) in [6.45, 7) is 8.39. The molecule has 0 saturated carbocycles. The summed E-state index contributed by atoms with van der Waals surface area (Å²) in [7, 11) is 1.92. The summed E-state index contributed by atoms with van der Waals surface area (Å²) >= 11 is 0. The number of amides is 1. The Hall–Kier alpha value is -2.43. The number of nitrogens with one attached hydrogen (secondary N) is 1. The van der Waals surface area contributed by atoms with Crippen LogP contribution in [0.5, 0.6) is 0 Å². The molecule has 0 spiro atoms. The molecule has 0 radical (unpaired) electrons. The van der Waals surface area contributed by atoms with E-state index in [9.17, 15) is 4.79 Å². The third kappa shape index (κ3) is 5.06. The van der Waals surface area contributed by atoms with Crippen molar-refractivity contribution in [1.29, 1.82) is 0 Å². The van der Waals surface area contributed by atoms with Gasteiger partial charge in [-0.3, -0.25) is 4.79 Å². The molecule has 5 heteroatoms. The normalized spacial score (nSPS) is 11.2. The molecule has 2 aromatic rings. The number of hydrogen-bond donors (Lipinski definition) is 1. The predicted molar refractivity (Wildman–Crippen MR) is 92.5 cm³/mol. The van der Waals surface area contributed by atoms with E-state index in [0.717, 1.165) is 5.69 Å². The van der Waals surface area contributed by atoms with Gasteiger partial charge in [-0.25, -0.2) is 9.97 Å². The smallest absolute Gasteiger partial charge is 0.270 e. The molecule has 0 aliphatic rings. The van der Waals surface area contributed by atoms with Gasteiger partial charge in [0.25, 0.3) is 5.91 Å². The quantitative estimate of drug-likeness (QED) is 0.943. The molecule has 0 saturated heterocycles. The van der Waals surface area contributed by atoms with Gasteiger partial charge in [0.1, 0.15) is 5.69 Å². The zero-order valence-corrected chi connectivity index (χ0v) is 14.4. The van der Waals surface area contributed by atoms with Crippen LogP contribution in [0.25, 0.3) is 0 Å². The fraction of sp³-hybridized carbons (Fsp3) is 0.389. The Kier molecular flexibility index (Phi) is 4.98. The summed E-state index contributed by atoms with van der Waals surface area (Å²) in [5.74, 6) is 0.366. The SMILES string of the molecule is Cc1cc(C(=O)NC(C)(C)C)nc(N(C)Cc2ccccc2)n1. The summed E-state index contributed by atoms with van der Waals surface area (Å²) in [6.07, 6.45) is 0. The maximum atomic E-state index is 12.3. The lowest BCUT2D eigenvalue weighted by Gasteiger charge is -2.21. The zero-order chi connectivity index (χ0) is 17.0. The molecule has 2 rings (SSSR count). The van der Waals surface area contributed by atoms with E-state index in [4.69, 9.17) is 0 Å². The van der Waals surface area contributed by atoms with Crippen LogP contribution in [0.1, 0.15) is 42.5 Å². The van der Waals surface area contributed by atoms with Crippen LogP contribution in [-0.4, -0.2) is 28.5 Å². The third-order valence-corrected chi connectivity index (χ3v) is 3.17. The Morgan fingerprint density at radius 2 is 1.83 bits per heavy atom. The highest BCUT2D eigenvalue weighted by Crippen LogP contribution is 2.13. The van der Waals surface area contributed by atoms with Gasteiger partial charge in [0.05, 0.1) is 0 Å². The average molecular weight is 312 g/mol. The first-order valence-corrected chi connectivity index (χ1v) is 7.68. The molecule has 0 aliphatic heterocycles. The second kappa shape index (κ2) is 6.77. The summed E-state index contributed by atoms with van der Waals surface area (Å²) in [4.78, 5) is 23.1. The Morgan fingerprint density at radius 1 is 1.17 bits per heavy atom. The van der Waals surface area contributed by atoms with Gasteiger partial charge in [-0.05, 0) is 39.3 Å². The third-order valence-electron chi connectivity index (χ3n) is 3.17. The molecule has 1 heterocycles. The van der Waals surface area contributed by atoms with E-state index in [-0.39, 0.29) is 11.4 Å². The van der Waals surface area contributed by atoms with Crippen molar-refractivity contribution in [3.63, 3.8) is 0 Å². The van der Waals surface area contributed by atoms with Gasteiger partial charge < -0.3 is 10.2 Å². The second-order valence-corrected chi connectivity index (χ2v) is 6.74. The van der Waals surface area contributed by atoms with Gasteiger partial charge >= 0.3 is 0 Å². The molecule has 5 nitrogen and oxygen atoms in total. The Bertz CT molecular complexity index is 677. The topological polar surface area (TPSA) is 58.1 Å². The van der Waals surface area contributed by atoms with Crippen LogP contribution in [0, 0.1) is 6.92 Å². The van der Waals surface area contributed by atoms with Crippen LogP contribution in [0.2, 0.25) is 0 Å². The Labute approximate surface area is 137 Å². The minimum absolute atomic E-state index is 0.183. The minimum atomic E-state index is -0.300. The van der Waals surface area contributed by atoms with Crippen LogP contribution >= 0.6 is 0 Å². The second-order valence-electron chi connectivity index (χ2n) is 6.74. The lowest BCUT2D eigenvalue weighted by molar-refractivity contribution is 0.0914. The summed E-state index contributed by atoms with van der Waals surface area (Å²) < 4.78 is 0. The highest BCUT2D eigenvalue weighted by atomic mass is 16.2. The van der Waals surface area contributed by atoms with Gasteiger partial charge in [0, 0.05) is 24.8 Å². The molecule has 1 aromatic heterocycles. The molecule has 1 amide bonds. The largest absolute Gasteiger partial charge is 0.346 e. The van der Waals surface area contributed by atoms with E-state index in [2.05, 4.69) is 27.4 Å². The van der Waals surface area contributed by atoms with Crippen molar-refractivity contribution in [2.24, 2.45) is 0 Å². The van der Waals surface area contributed by atoms with Crippen molar-refractivity contribution in [2.45, 2.75) is 39.8 Å². The first-order chi connectivity index (χ1) is 10.7. The Morgan fingerprint density at radius 3 is 2.43 bits per heavy atom. The summed E-state index contributed by atoms with van der Waals surface area (Å²) in [5, 5.41) is 2.93. The number of aryl methyl sites for hydroxylation is 1. The van der Waals surface area contributed by atoms with Crippen LogP contribution in [-0.2, 0) is 6.54 Å². The molecule has 0 aliphatic carbocycles. The van der Waals surface area contributed by atoms with Gasteiger partial charge in [-0.2, -0.15) is 0 Å². The van der Waals surface area contributed by atoms with Gasteiger partial charge in [-0.1, -0.05) is 30.3 Å². The molecule has 0 fully saturated rings. The molecule has 0 atom stereocenters. The molecular weight excluding hydrogens is 288 g/mol. The van der Waals surface area contributed by atoms with E-state index in [1.165, 1.54) is 5.56 Å². The van der Waals surface area contributed by atoms with Gasteiger partial charge in [0.15, 0.2) is 0 Å². The van der Waals surface area contributed by atoms with Crippen molar-refractivity contribution < 1.29 is 4.79 Å². The number of anilines is 1. The Balaban J connectivity index is 2.21. The summed E-state index contributed by atoms with van der Waals surface area (Å²) in [6, 6.07) is 11.8. The van der Waals surface area contributed by atoms with Gasteiger partial charge in [-0.15, -0.1) is 0 Å². The zero-order valence-electron chi connectivity index (χ0n) is 14.4. The van der Waals surface area contributed by atoms with Crippen LogP contribution in [0.15, 0.2) is 36.4 Å². The molecule has 1 N–H and O–H groups in total. The lowest BCUT2D eigenvalue weighted by atomic mass is 10.1. The molecular formula is C18H24N4O. The molecule has 1 aromatic carbocycles. The lowest BCUT2D eigenvalue weighted by Crippen LogP contribution is -2.41. The van der Waals surface area contributed by atoms with E-state index in [1.54, 1.807) is 6.07 Å². The van der Waals surface area contributed by atoms with Crippen molar-refractivity contribution in [3.05, 3.63) is 53.3 Å². The monoisotopic (exact) mass is 312 g/mol. The van der Waals surface area contributed by atoms with Crippen LogP contribution < -0.4 is 10.2 Å². The number of hydrogen-bond acceptors (Lipinski definition) is 4. The van der Waals surface area contributed by atoms with E-state index in [0.29, 0.717) is 18.2 Å². The number of benzene rings is 1. The van der Waals surface area contributed by atoms with Gasteiger partial charge in [0.2, 0.25) is 5.95 Å². The number of aromatic nitrogens is 2. The van der Waals surface area contributed by atoms with Crippen molar-refractivity contribution in [2.75, 3.05) is 11.9 Å². The molecule has 122 valence electrons. The number of carbonyl (C=O) groups is 1. The van der Waals surface area contributed by atoms with E-state index in [1.807, 2.05) is 57.8 Å². The molecule has 23 heavy (non-hydrogen) atoms. The predicted octanol–water partition coefficient (Wildman–Crippen LogP) is 2.95. The van der Waals surface area contributed by atoms with E-state index < -0.39 is 0 Å². The maximum absolute atomic E-state index is 12.3. The van der Waals surface area contributed by atoms with Crippen LogP contribution in [0.3, 0.4) is 0 Å². The number of carbonyl (C=O) groups excluding carboxylic acids is 1. The highest BCUT2D eigenvalue weighted by molar-refractivity contribution is 5.93. The number of rotatable bonds is 4. The molecule has 0 bridgehead atoms. The fourth-order valence-corrected chi connectivity index (χ4v) is 2.17. The average Bonchev–Trinajstić information content (AvgIpc) is 2.46. The van der Waals surface area contributed by atoms with Crippen molar-refractivity contribution >= 4 is 11.9 Å². The standard InChI is InChI=1S/C18H24N4O/c1-13-11-15(16(23)21-18(2,3)4)20-17(19-13)22(5)12-14-9-7-6-8-10-14/h6-11H,12H2,1-5H3,(H,21,23). The van der Waals surface area contributed by atoms with Crippen molar-refractivity contribution in [1.82, 2.24) is 15.3 Å². The number of nitrogens with zero attached hydrogens (tertiary/aromatic N) is 3. The van der Waals surface area contributed by atoms with Crippen molar-refractivity contribution in [3.8, 4) is 0 Å². The fourth-order valence-electron chi connectivity index (χ4n) is 2.17. The highest BCUT2D eigenvalue weighted by Gasteiger charge is 2.18. The minimum Gasteiger partial charge on any atom is -0.346 e. The summed E-state index contributed by atoms with van der Waals surface area (Å²) in [5.41, 5.74) is 2.03.